The highest BCUT2D eigenvalue weighted by molar-refractivity contribution is 7.89. The first-order chi connectivity index (χ1) is 11.0. The van der Waals surface area contributed by atoms with E-state index in [1.165, 1.54) is 29.2 Å². The number of sulfonamides is 1. The lowest BCUT2D eigenvalue weighted by Gasteiger charge is -2.15. The third kappa shape index (κ3) is 3.01. The second-order valence-electron chi connectivity index (χ2n) is 5.09. The normalized spacial score (nSPS) is 18.7. The number of nitrogens with zero attached hydrogens (tertiary/aromatic N) is 6. The molecule has 1 fully saturated rings. The number of hydrogen-bond acceptors (Lipinski definition) is 7. The van der Waals surface area contributed by atoms with Gasteiger partial charge in [0.2, 0.25) is 5.69 Å². The Balaban J connectivity index is 1.73. The second-order valence-corrected chi connectivity index (χ2v) is 6.98. The Morgan fingerprint density at radius 3 is 2.83 bits per heavy atom. The Hall–Kier alpha value is -2.51. The van der Waals surface area contributed by atoms with Gasteiger partial charge in [0.1, 0.15) is 12.2 Å². The summed E-state index contributed by atoms with van der Waals surface area (Å²) in [5.74, 6) is 0.122. The molecule has 120 valence electrons. The molecular weight excluding hydrogens is 320 g/mol. The maximum Gasteiger partial charge on any atom is 0.262 e. The lowest BCUT2D eigenvalue weighted by atomic mass is 10.3. The number of aromatic nitrogens is 4. The number of ether oxygens (including phenoxy) is 1. The van der Waals surface area contributed by atoms with Gasteiger partial charge in [0, 0.05) is 32.2 Å². The predicted molar refractivity (Wildman–Crippen MR) is 77.7 cm³/mol. The number of hydrogen-bond donors (Lipinski definition) is 0. The molecule has 23 heavy (non-hydrogen) atoms. The molecule has 0 amide bonds. The van der Waals surface area contributed by atoms with E-state index in [9.17, 15) is 8.42 Å². The van der Waals surface area contributed by atoms with E-state index >= 15 is 0 Å². The van der Waals surface area contributed by atoms with Gasteiger partial charge in [-0.1, -0.05) is 0 Å². The molecule has 3 heterocycles. The smallest absolute Gasteiger partial charge is 0.262 e. The zero-order valence-corrected chi connectivity index (χ0v) is 13.1. The standard InChI is InChI=1S/C13H14N6O3S/c1-18-8-12(17-9-18)23(20,21)19-5-2-10(7-19)22-13-11(6-14)15-3-4-16-13/h3-4,8-10H,2,5,7H2,1H3/t10-/m0/s1. The van der Waals surface area contributed by atoms with Gasteiger partial charge < -0.3 is 9.30 Å². The van der Waals surface area contributed by atoms with Crippen molar-refractivity contribution in [2.45, 2.75) is 17.6 Å². The Labute approximate surface area is 133 Å². The Kier molecular flexibility index (Phi) is 3.97. The van der Waals surface area contributed by atoms with Crippen molar-refractivity contribution in [1.82, 2.24) is 23.8 Å². The van der Waals surface area contributed by atoms with Crippen molar-refractivity contribution < 1.29 is 13.2 Å². The molecule has 0 aliphatic carbocycles. The largest absolute Gasteiger partial charge is 0.471 e. The molecule has 2 aromatic rings. The first-order valence-corrected chi connectivity index (χ1v) is 8.30. The van der Waals surface area contributed by atoms with Crippen molar-refractivity contribution in [3.05, 3.63) is 30.6 Å². The van der Waals surface area contributed by atoms with Gasteiger partial charge in [0.15, 0.2) is 5.03 Å². The van der Waals surface area contributed by atoms with Crippen LogP contribution in [-0.4, -0.2) is 51.4 Å². The lowest BCUT2D eigenvalue weighted by Crippen LogP contribution is -2.31. The Morgan fingerprint density at radius 1 is 1.35 bits per heavy atom. The van der Waals surface area contributed by atoms with E-state index in [1.54, 1.807) is 11.6 Å². The first kappa shape index (κ1) is 15.4. The molecule has 0 aromatic carbocycles. The van der Waals surface area contributed by atoms with Gasteiger partial charge in [-0.15, -0.1) is 0 Å². The minimum absolute atomic E-state index is 0.0119. The summed E-state index contributed by atoms with van der Waals surface area (Å²) in [7, 11) is -1.93. The highest BCUT2D eigenvalue weighted by atomic mass is 32.2. The highest BCUT2D eigenvalue weighted by Crippen LogP contribution is 2.23. The van der Waals surface area contributed by atoms with E-state index in [4.69, 9.17) is 10.00 Å². The Morgan fingerprint density at radius 2 is 2.13 bits per heavy atom. The van der Waals surface area contributed by atoms with Gasteiger partial charge in [0.25, 0.3) is 15.9 Å². The van der Waals surface area contributed by atoms with Crippen molar-refractivity contribution >= 4 is 10.0 Å². The molecule has 0 saturated carbocycles. The molecule has 0 radical (unpaired) electrons. The van der Waals surface area contributed by atoms with Gasteiger partial charge in [-0.05, 0) is 6.42 Å². The van der Waals surface area contributed by atoms with Crippen molar-refractivity contribution in [3.8, 4) is 11.9 Å². The van der Waals surface area contributed by atoms with Crippen LogP contribution in [0.2, 0.25) is 0 Å². The number of rotatable bonds is 4. The molecule has 0 N–H and O–H groups in total. The van der Waals surface area contributed by atoms with Crippen LogP contribution in [0.1, 0.15) is 12.1 Å². The van der Waals surface area contributed by atoms with Gasteiger partial charge in [-0.2, -0.15) is 9.57 Å². The summed E-state index contributed by atoms with van der Waals surface area (Å²) in [6, 6.07) is 1.90. The van der Waals surface area contributed by atoms with Crippen LogP contribution in [-0.2, 0) is 17.1 Å². The van der Waals surface area contributed by atoms with E-state index in [-0.39, 0.29) is 29.2 Å². The predicted octanol–water partition coefficient (Wildman–Crippen LogP) is -0.0762. The lowest BCUT2D eigenvalue weighted by molar-refractivity contribution is 0.205. The summed E-state index contributed by atoms with van der Waals surface area (Å²) in [5.41, 5.74) is 0.0820. The summed E-state index contributed by atoms with van der Waals surface area (Å²) in [4.78, 5) is 11.7. The van der Waals surface area contributed by atoms with Crippen LogP contribution >= 0.6 is 0 Å². The van der Waals surface area contributed by atoms with Crippen molar-refractivity contribution in [1.29, 1.82) is 5.26 Å². The van der Waals surface area contributed by atoms with Gasteiger partial charge in [-0.25, -0.2) is 23.4 Å². The monoisotopic (exact) mass is 334 g/mol. The second kappa shape index (κ2) is 5.94. The average Bonchev–Trinajstić information content (AvgIpc) is 3.17. The van der Waals surface area contributed by atoms with E-state index < -0.39 is 10.0 Å². The van der Waals surface area contributed by atoms with E-state index in [1.807, 2.05) is 6.07 Å². The molecule has 2 aromatic heterocycles. The third-order valence-electron chi connectivity index (χ3n) is 3.44. The fourth-order valence-corrected chi connectivity index (χ4v) is 3.77. The van der Waals surface area contributed by atoms with Gasteiger partial charge in [0.05, 0.1) is 12.9 Å². The van der Waals surface area contributed by atoms with E-state index in [0.717, 1.165) is 0 Å². The van der Waals surface area contributed by atoms with Crippen LogP contribution in [0.5, 0.6) is 5.88 Å². The fourth-order valence-electron chi connectivity index (χ4n) is 2.31. The maximum absolute atomic E-state index is 12.5. The van der Waals surface area contributed by atoms with Crippen LogP contribution in [0.4, 0.5) is 0 Å². The molecule has 3 rings (SSSR count). The number of imidazole rings is 1. The molecule has 1 aliphatic rings. The summed E-state index contributed by atoms with van der Waals surface area (Å²) >= 11 is 0. The minimum atomic E-state index is -3.64. The van der Waals surface area contributed by atoms with Gasteiger partial charge in [-0.3, -0.25) is 0 Å². The molecule has 0 bridgehead atoms. The van der Waals surface area contributed by atoms with Crippen molar-refractivity contribution in [2.24, 2.45) is 7.05 Å². The number of nitriles is 1. The zero-order valence-electron chi connectivity index (χ0n) is 12.3. The van der Waals surface area contributed by atoms with Crippen LogP contribution in [0.3, 0.4) is 0 Å². The summed E-state index contributed by atoms with van der Waals surface area (Å²) in [5, 5.41) is 8.99. The third-order valence-corrected chi connectivity index (χ3v) is 5.19. The summed E-state index contributed by atoms with van der Waals surface area (Å²) in [6.45, 7) is 0.506. The molecule has 1 atom stereocenters. The minimum Gasteiger partial charge on any atom is -0.471 e. The van der Waals surface area contributed by atoms with E-state index in [0.29, 0.717) is 13.0 Å². The quantitative estimate of drug-likeness (QED) is 0.768. The molecule has 0 spiro atoms. The van der Waals surface area contributed by atoms with Crippen LogP contribution in [0.15, 0.2) is 29.9 Å². The molecule has 0 unspecified atom stereocenters. The molecule has 1 aliphatic heterocycles. The van der Waals surface area contributed by atoms with Crippen molar-refractivity contribution in [3.63, 3.8) is 0 Å². The first-order valence-electron chi connectivity index (χ1n) is 6.86. The Bertz CT molecular complexity index is 857. The van der Waals surface area contributed by atoms with Crippen LogP contribution in [0, 0.1) is 11.3 Å². The zero-order chi connectivity index (χ0) is 16.4. The van der Waals surface area contributed by atoms with Crippen LogP contribution in [0.25, 0.3) is 0 Å². The molecule has 1 saturated heterocycles. The summed E-state index contributed by atoms with van der Waals surface area (Å²) < 4.78 is 33.5. The van der Waals surface area contributed by atoms with Crippen LogP contribution < -0.4 is 4.74 Å². The maximum atomic E-state index is 12.5. The SMILES string of the molecule is Cn1cnc(S(=O)(=O)N2CC[C@H](Oc3nccnc3C#N)C2)c1. The number of aryl methyl sites for hydroxylation is 1. The van der Waals surface area contributed by atoms with E-state index in [2.05, 4.69) is 15.0 Å². The fraction of sp³-hybridized carbons (Fsp3) is 0.385. The topological polar surface area (TPSA) is 114 Å². The highest BCUT2D eigenvalue weighted by Gasteiger charge is 2.35. The molecule has 10 heteroatoms. The summed E-state index contributed by atoms with van der Waals surface area (Å²) in [6.07, 6.45) is 5.85. The average molecular weight is 334 g/mol. The van der Waals surface area contributed by atoms with Crippen molar-refractivity contribution in [2.75, 3.05) is 13.1 Å². The van der Waals surface area contributed by atoms with Gasteiger partial charge >= 0.3 is 0 Å². The molecule has 9 nitrogen and oxygen atoms in total. The molecular formula is C13H14N6O3S.